The van der Waals surface area contributed by atoms with Crippen molar-refractivity contribution in [3.05, 3.63) is 70.8 Å². The number of rotatable bonds is 3. The first-order chi connectivity index (χ1) is 13.7. The van der Waals surface area contributed by atoms with Crippen LogP contribution in [0.4, 0.5) is 0 Å². The van der Waals surface area contributed by atoms with E-state index in [1.54, 1.807) is 36.7 Å². The quantitative estimate of drug-likeness (QED) is 0.700. The maximum absolute atomic E-state index is 13.2. The summed E-state index contributed by atoms with van der Waals surface area (Å²) in [5, 5.41) is 0.491. The lowest BCUT2D eigenvalue weighted by molar-refractivity contribution is 0.0333. The molecular weight excluding hydrogens is 356 g/mol. The van der Waals surface area contributed by atoms with Gasteiger partial charge in [-0.25, -0.2) is 0 Å². The van der Waals surface area contributed by atoms with Gasteiger partial charge < -0.3 is 14.1 Å². The summed E-state index contributed by atoms with van der Waals surface area (Å²) >= 11 is 0. The highest BCUT2D eigenvalue weighted by Gasteiger charge is 2.45. The molecule has 2 aliphatic rings. The van der Waals surface area contributed by atoms with Crippen LogP contribution in [0.15, 0.2) is 64.1 Å². The number of para-hydroxylation sites is 1. The molecule has 6 heteroatoms. The van der Waals surface area contributed by atoms with Crippen LogP contribution in [-0.2, 0) is 0 Å². The van der Waals surface area contributed by atoms with Crippen molar-refractivity contribution in [3.63, 3.8) is 0 Å². The van der Waals surface area contributed by atoms with Crippen LogP contribution < -0.4 is 10.2 Å². The van der Waals surface area contributed by atoms with Crippen LogP contribution in [0.25, 0.3) is 11.0 Å². The predicted molar refractivity (Wildman–Crippen MR) is 103 cm³/mol. The van der Waals surface area contributed by atoms with Gasteiger partial charge in [0.05, 0.1) is 11.6 Å². The lowest BCUT2D eigenvalue weighted by atomic mass is 9.99. The number of hydrogen-bond acceptors (Lipinski definition) is 5. The van der Waals surface area contributed by atoms with Gasteiger partial charge in [0.25, 0.3) is 5.91 Å². The van der Waals surface area contributed by atoms with E-state index in [0.29, 0.717) is 11.0 Å². The van der Waals surface area contributed by atoms with E-state index in [0.717, 1.165) is 31.4 Å². The van der Waals surface area contributed by atoms with Gasteiger partial charge in [-0.15, -0.1) is 0 Å². The molecular formula is C22H20N2O4. The second-order valence-electron chi connectivity index (χ2n) is 7.47. The second kappa shape index (κ2) is 6.78. The van der Waals surface area contributed by atoms with Crippen molar-refractivity contribution in [2.75, 3.05) is 0 Å². The minimum absolute atomic E-state index is 0.0642. The fraction of sp³-hybridized carbons (Fsp3) is 0.318. The Morgan fingerprint density at radius 1 is 1.11 bits per heavy atom. The molecule has 0 N–H and O–H groups in total. The zero-order chi connectivity index (χ0) is 19.1. The first-order valence-corrected chi connectivity index (χ1v) is 9.61. The summed E-state index contributed by atoms with van der Waals surface area (Å²) in [6.45, 7) is 0. The highest BCUT2D eigenvalue weighted by Crippen LogP contribution is 2.38. The first kappa shape index (κ1) is 17.0. The molecule has 3 aromatic rings. The monoisotopic (exact) mass is 376 g/mol. The average Bonchev–Trinajstić information content (AvgIpc) is 2.98. The van der Waals surface area contributed by atoms with Gasteiger partial charge in [-0.3, -0.25) is 14.6 Å². The maximum atomic E-state index is 13.2. The fourth-order valence-electron chi connectivity index (χ4n) is 4.50. The van der Waals surface area contributed by atoms with Crippen molar-refractivity contribution < 1.29 is 13.9 Å². The van der Waals surface area contributed by atoms with Crippen LogP contribution in [0, 0.1) is 0 Å². The van der Waals surface area contributed by atoms with Gasteiger partial charge in [-0.2, -0.15) is 0 Å². The van der Waals surface area contributed by atoms with Crippen LogP contribution >= 0.6 is 0 Å². The Morgan fingerprint density at radius 3 is 2.64 bits per heavy atom. The summed E-state index contributed by atoms with van der Waals surface area (Å²) in [4.78, 5) is 31.5. The summed E-state index contributed by atoms with van der Waals surface area (Å²) < 4.78 is 11.8. The zero-order valence-corrected chi connectivity index (χ0v) is 15.3. The topological polar surface area (TPSA) is 72.6 Å². The predicted octanol–water partition coefficient (Wildman–Crippen LogP) is 3.40. The number of aromatic nitrogens is 1. The second-order valence-corrected chi connectivity index (χ2v) is 7.47. The molecule has 1 aromatic carbocycles. The van der Waals surface area contributed by atoms with Crippen molar-refractivity contribution in [2.24, 2.45) is 0 Å². The van der Waals surface area contributed by atoms with E-state index in [1.807, 2.05) is 17.0 Å². The highest BCUT2D eigenvalue weighted by atomic mass is 16.5. The van der Waals surface area contributed by atoms with E-state index in [2.05, 4.69) is 4.98 Å². The van der Waals surface area contributed by atoms with E-state index in [1.165, 1.54) is 6.07 Å². The molecule has 0 spiro atoms. The van der Waals surface area contributed by atoms with Gasteiger partial charge in [0.15, 0.2) is 11.2 Å². The van der Waals surface area contributed by atoms with Gasteiger partial charge in [-0.1, -0.05) is 12.1 Å². The summed E-state index contributed by atoms with van der Waals surface area (Å²) in [5.74, 6) is 0.676. The first-order valence-electron chi connectivity index (χ1n) is 9.61. The Kier molecular flexibility index (Phi) is 4.11. The van der Waals surface area contributed by atoms with Gasteiger partial charge in [0.2, 0.25) is 0 Å². The molecule has 2 bridgehead atoms. The minimum Gasteiger partial charge on any atom is -0.489 e. The van der Waals surface area contributed by atoms with Crippen LogP contribution in [-0.4, -0.2) is 34.0 Å². The minimum atomic E-state index is -0.199. The third-order valence-corrected chi connectivity index (χ3v) is 5.71. The third-order valence-electron chi connectivity index (χ3n) is 5.71. The molecule has 2 aliphatic heterocycles. The maximum Gasteiger partial charge on any atom is 0.290 e. The van der Waals surface area contributed by atoms with Gasteiger partial charge in [0.1, 0.15) is 17.4 Å². The summed E-state index contributed by atoms with van der Waals surface area (Å²) in [6.07, 6.45) is 6.93. The standard InChI is InChI=1S/C22H20N2O4/c25-19-12-21(28-20-6-2-1-5-18(19)20)22(26)24-14-7-8-15(24)11-17(10-14)27-16-4-3-9-23-13-16/h1-6,9,12-15,17H,7-8,10-11H2. The van der Waals surface area contributed by atoms with E-state index in [-0.39, 0.29) is 35.3 Å². The molecule has 2 fully saturated rings. The van der Waals surface area contributed by atoms with Crippen molar-refractivity contribution in [3.8, 4) is 5.75 Å². The van der Waals surface area contributed by atoms with Crippen molar-refractivity contribution >= 4 is 16.9 Å². The molecule has 2 unspecified atom stereocenters. The number of pyridine rings is 1. The smallest absolute Gasteiger partial charge is 0.290 e. The summed E-state index contributed by atoms with van der Waals surface area (Å²) in [7, 11) is 0. The summed E-state index contributed by atoms with van der Waals surface area (Å²) in [6, 6.07) is 12.3. The Labute approximate surface area is 161 Å². The van der Waals surface area contributed by atoms with Gasteiger partial charge in [0, 0.05) is 37.2 Å². The number of carbonyl (C=O) groups is 1. The van der Waals surface area contributed by atoms with Gasteiger partial charge in [-0.05, 0) is 37.1 Å². The third kappa shape index (κ3) is 2.95. The molecule has 0 radical (unpaired) electrons. The van der Waals surface area contributed by atoms with E-state index in [9.17, 15) is 9.59 Å². The number of piperidine rings is 1. The van der Waals surface area contributed by atoms with Crippen molar-refractivity contribution in [2.45, 2.75) is 43.9 Å². The number of benzene rings is 1. The van der Waals surface area contributed by atoms with Crippen LogP contribution in [0.2, 0.25) is 0 Å². The molecule has 2 atom stereocenters. The Hall–Kier alpha value is -3.15. The molecule has 6 nitrogen and oxygen atoms in total. The molecule has 28 heavy (non-hydrogen) atoms. The Balaban J connectivity index is 1.38. The van der Waals surface area contributed by atoms with Crippen LogP contribution in [0.1, 0.15) is 36.2 Å². The van der Waals surface area contributed by atoms with Crippen molar-refractivity contribution in [1.29, 1.82) is 0 Å². The van der Waals surface area contributed by atoms with Gasteiger partial charge >= 0.3 is 0 Å². The molecule has 1 amide bonds. The molecule has 2 aromatic heterocycles. The SMILES string of the molecule is O=C(c1cc(=O)c2ccccc2o1)N1C2CCC1CC(Oc1cccnc1)C2. The molecule has 0 aliphatic carbocycles. The molecule has 5 rings (SSSR count). The molecule has 2 saturated heterocycles. The Morgan fingerprint density at radius 2 is 1.89 bits per heavy atom. The highest BCUT2D eigenvalue weighted by molar-refractivity contribution is 5.93. The normalized spacial score (nSPS) is 23.7. The number of hydrogen-bond donors (Lipinski definition) is 0. The zero-order valence-electron chi connectivity index (χ0n) is 15.3. The van der Waals surface area contributed by atoms with Crippen molar-refractivity contribution in [1.82, 2.24) is 9.88 Å². The largest absolute Gasteiger partial charge is 0.489 e. The number of carbonyl (C=O) groups excluding carboxylic acids is 1. The Bertz CT molecular complexity index is 1060. The number of nitrogens with zero attached hydrogens (tertiary/aromatic N) is 2. The molecule has 142 valence electrons. The van der Waals surface area contributed by atoms with Crippen LogP contribution in [0.5, 0.6) is 5.75 Å². The lowest BCUT2D eigenvalue weighted by Gasteiger charge is -2.38. The van der Waals surface area contributed by atoms with E-state index < -0.39 is 0 Å². The molecule has 0 saturated carbocycles. The summed E-state index contributed by atoms with van der Waals surface area (Å²) in [5.41, 5.74) is 0.257. The average molecular weight is 376 g/mol. The number of fused-ring (bicyclic) bond motifs is 3. The van der Waals surface area contributed by atoms with Crippen LogP contribution in [0.3, 0.4) is 0 Å². The molecule has 4 heterocycles. The number of amides is 1. The fourth-order valence-corrected chi connectivity index (χ4v) is 4.50. The lowest BCUT2D eigenvalue weighted by Crippen LogP contribution is -2.49. The van der Waals surface area contributed by atoms with E-state index >= 15 is 0 Å². The van der Waals surface area contributed by atoms with E-state index in [4.69, 9.17) is 9.15 Å². The number of ether oxygens (including phenoxy) is 1.